The number of carboxylic acid groups (broad SMARTS) is 1. The second-order valence-corrected chi connectivity index (χ2v) is 5.13. The summed E-state index contributed by atoms with van der Waals surface area (Å²) in [5, 5.41) is 8.38. The summed E-state index contributed by atoms with van der Waals surface area (Å²) >= 11 is 5.69. The Morgan fingerprint density at radius 2 is 2.25 bits per heavy atom. The number of carboxylic acids is 1. The Kier molecular flexibility index (Phi) is 3.71. The van der Waals surface area contributed by atoms with Gasteiger partial charge in [-0.05, 0) is 18.6 Å². The van der Waals surface area contributed by atoms with Crippen molar-refractivity contribution in [3.05, 3.63) is 23.0 Å². The number of aromatic nitrogens is 1. The molecule has 0 aliphatic heterocycles. The van der Waals surface area contributed by atoms with Crippen molar-refractivity contribution < 1.29 is 18.3 Å². The second kappa shape index (κ2) is 4.67. The molecule has 0 atom stereocenters. The van der Waals surface area contributed by atoms with Crippen LogP contribution in [0.25, 0.3) is 0 Å². The van der Waals surface area contributed by atoms with Crippen molar-refractivity contribution >= 4 is 33.3 Å². The number of carbonyl (C=O) groups is 1. The van der Waals surface area contributed by atoms with Gasteiger partial charge in [0, 0.05) is 6.20 Å². The lowest BCUT2D eigenvalue weighted by Crippen LogP contribution is -2.23. The van der Waals surface area contributed by atoms with Gasteiger partial charge in [-0.3, -0.25) is 9.52 Å². The molecule has 2 N–H and O–H groups in total. The van der Waals surface area contributed by atoms with Gasteiger partial charge < -0.3 is 5.11 Å². The summed E-state index contributed by atoms with van der Waals surface area (Å²) in [7, 11) is -3.95. The van der Waals surface area contributed by atoms with E-state index >= 15 is 0 Å². The van der Waals surface area contributed by atoms with Crippen molar-refractivity contribution in [2.24, 2.45) is 0 Å². The summed E-state index contributed by atoms with van der Waals surface area (Å²) in [4.78, 5) is 14.0. The van der Waals surface area contributed by atoms with E-state index in [2.05, 4.69) is 9.71 Å². The van der Waals surface area contributed by atoms with Gasteiger partial charge >= 0.3 is 5.97 Å². The van der Waals surface area contributed by atoms with Crippen LogP contribution in [0, 0.1) is 6.92 Å². The first-order valence-electron chi connectivity index (χ1n) is 4.15. The van der Waals surface area contributed by atoms with Gasteiger partial charge in [0.2, 0.25) is 10.0 Å². The highest BCUT2D eigenvalue weighted by molar-refractivity contribution is 7.93. The fourth-order valence-electron chi connectivity index (χ4n) is 1.00. The number of nitrogens with one attached hydrogen (secondary N) is 1. The van der Waals surface area contributed by atoms with Crippen LogP contribution in [0.4, 0.5) is 5.69 Å². The van der Waals surface area contributed by atoms with E-state index in [0.29, 0.717) is 5.56 Å². The van der Waals surface area contributed by atoms with Gasteiger partial charge in [-0.1, -0.05) is 11.6 Å². The van der Waals surface area contributed by atoms with E-state index in [1.165, 1.54) is 6.20 Å². The zero-order valence-electron chi connectivity index (χ0n) is 8.27. The van der Waals surface area contributed by atoms with Crippen LogP contribution in [0.3, 0.4) is 0 Å². The van der Waals surface area contributed by atoms with Crippen LogP contribution < -0.4 is 4.72 Å². The van der Waals surface area contributed by atoms with Crippen molar-refractivity contribution in [1.29, 1.82) is 0 Å². The highest BCUT2D eigenvalue weighted by atomic mass is 35.5. The highest BCUT2D eigenvalue weighted by Gasteiger charge is 2.18. The summed E-state index contributed by atoms with van der Waals surface area (Å²) < 4.78 is 24.8. The minimum absolute atomic E-state index is 0.0195. The Hall–Kier alpha value is -1.34. The minimum atomic E-state index is -3.95. The molecule has 0 aromatic carbocycles. The molecule has 0 radical (unpaired) electrons. The molecule has 0 unspecified atom stereocenters. The Labute approximate surface area is 97.3 Å². The van der Waals surface area contributed by atoms with Gasteiger partial charge in [-0.2, -0.15) is 0 Å². The molecular formula is C8H9ClN2O4S. The highest BCUT2D eigenvalue weighted by Crippen LogP contribution is 2.23. The molecule has 1 heterocycles. The molecule has 0 saturated heterocycles. The maximum absolute atomic E-state index is 11.3. The number of halogens is 1. The maximum atomic E-state index is 11.3. The Balaban J connectivity index is 3.01. The van der Waals surface area contributed by atoms with Crippen LogP contribution >= 0.6 is 11.6 Å². The SMILES string of the molecule is Cc1ccnc(Cl)c1NS(=O)(=O)CC(=O)O. The van der Waals surface area contributed by atoms with Crippen LogP contribution in [-0.4, -0.2) is 30.2 Å². The number of aliphatic carboxylic acids is 1. The quantitative estimate of drug-likeness (QED) is 0.787. The van der Waals surface area contributed by atoms with E-state index in [1.54, 1.807) is 13.0 Å². The number of aryl methyl sites for hydroxylation is 1. The number of rotatable bonds is 4. The maximum Gasteiger partial charge on any atom is 0.320 e. The van der Waals surface area contributed by atoms with Gasteiger partial charge in [0.05, 0.1) is 5.69 Å². The molecule has 0 saturated carbocycles. The number of sulfonamides is 1. The van der Waals surface area contributed by atoms with Crippen LogP contribution in [0.2, 0.25) is 5.15 Å². The summed E-state index contributed by atoms with van der Waals surface area (Å²) in [5.41, 5.74) is 0.666. The first-order valence-corrected chi connectivity index (χ1v) is 6.18. The molecule has 0 aliphatic rings. The lowest BCUT2D eigenvalue weighted by atomic mass is 10.3. The molecule has 1 aromatic heterocycles. The van der Waals surface area contributed by atoms with Crippen molar-refractivity contribution in [3.63, 3.8) is 0 Å². The first-order chi connectivity index (χ1) is 7.32. The van der Waals surface area contributed by atoms with Crippen molar-refractivity contribution in [3.8, 4) is 0 Å². The minimum Gasteiger partial charge on any atom is -0.480 e. The fourth-order valence-corrected chi connectivity index (χ4v) is 2.28. The van der Waals surface area contributed by atoms with Crippen LogP contribution in [0.1, 0.15) is 5.56 Å². The third-order valence-electron chi connectivity index (χ3n) is 1.68. The summed E-state index contributed by atoms with van der Waals surface area (Å²) in [6.45, 7) is 1.63. The van der Waals surface area contributed by atoms with Gasteiger partial charge in [0.1, 0.15) is 0 Å². The van der Waals surface area contributed by atoms with Crippen molar-refractivity contribution in [2.75, 3.05) is 10.5 Å². The summed E-state index contributed by atoms with van der Waals surface area (Å²) in [6.07, 6.45) is 1.42. The van der Waals surface area contributed by atoms with Crippen LogP contribution in [-0.2, 0) is 14.8 Å². The number of pyridine rings is 1. The van der Waals surface area contributed by atoms with E-state index in [4.69, 9.17) is 16.7 Å². The largest absolute Gasteiger partial charge is 0.480 e. The molecule has 0 spiro atoms. The van der Waals surface area contributed by atoms with E-state index < -0.39 is 21.7 Å². The molecule has 6 nitrogen and oxygen atoms in total. The van der Waals surface area contributed by atoms with Gasteiger partial charge in [-0.15, -0.1) is 0 Å². The third kappa shape index (κ3) is 3.35. The predicted molar refractivity (Wildman–Crippen MR) is 59.0 cm³/mol. The molecular weight excluding hydrogens is 256 g/mol. The molecule has 1 rings (SSSR count). The first kappa shape index (κ1) is 12.7. The lowest BCUT2D eigenvalue weighted by Gasteiger charge is -2.09. The second-order valence-electron chi connectivity index (χ2n) is 3.05. The van der Waals surface area contributed by atoms with Gasteiger partial charge in [0.15, 0.2) is 10.9 Å². The molecule has 0 fully saturated rings. The molecule has 0 aliphatic carbocycles. The normalized spacial score (nSPS) is 11.1. The molecule has 16 heavy (non-hydrogen) atoms. The summed E-state index contributed by atoms with van der Waals surface area (Å²) in [5.74, 6) is -2.46. The Morgan fingerprint density at radius 1 is 1.62 bits per heavy atom. The standard InChI is InChI=1S/C8H9ClN2O4S/c1-5-2-3-10-8(9)7(5)11-16(14,15)4-6(12)13/h2-3,11H,4H2,1H3,(H,12,13). The average Bonchev–Trinajstić information content (AvgIpc) is 2.09. The van der Waals surface area contributed by atoms with E-state index in [1.807, 2.05) is 0 Å². The number of hydrogen-bond donors (Lipinski definition) is 2. The van der Waals surface area contributed by atoms with E-state index in [0.717, 1.165) is 0 Å². The van der Waals surface area contributed by atoms with E-state index in [-0.39, 0.29) is 10.8 Å². The third-order valence-corrected chi connectivity index (χ3v) is 3.11. The number of anilines is 1. The molecule has 88 valence electrons. The summed E-state index contributed by atoms with van der Waals surface area (Å²) in [6, 6.07) is 1.56. The molecule has 8 heteroatoms. The van der Waals surface area contributed by atoms with Crippen molar-refractivity contribution in [1.82, 2.24) is 4.98 Å². The molecule has 0 amide bonds. The van der Waals surface area contributed by atoms with Crippen LogP contribution in [0.5, 0.6) is 0 Å². The molecule has 0 bridgehead atoms. The Bertz CT molecular complexity index is 495. The zero-order chi connectivity index (χ0) is 12.3. The average molecular weight is 265 g/mol. The van der Waals surface area contributed by atoms with E-state index in [9.17, 15) is 13.2 Å². The zero-order valence-corrected chi connectivity index (χ0v) is 9.84. The number of nitrogens with zero attached hydrogens (tertiary/aromatic N) is 1. The Morgan fingerprint density at radius 3 is 2.75 bits per heavy atom. The van der Waals surface area contributed by atoms with Crippen molar-refractivity contribution in [2.45, 2.75) is 6.92 Å². The smallest absolute Gasteiger partial charge is 0.320 e. The molecule has 1 aromatic rings. The monoisotopic (exact) mass is 264 g/mol. The predicted octanol–water partition coefficient (Wildman–Crippen LogP) is 0.870. The lowest BCUT2D eigenvalue weighted by molar-refractivity contribution is -0.134. The topological polar surface area (TPSA) is 96.4 Å². The number of hydrogen-bond acceptors (Lipinski definition) is 4. The van der Waals surface area contributed by atoms with Gasteiger partial charge in [0.25, 0.3) is 0 Å². The van der Waals surface area contributed by atoms with Crippen LogP contribution in [0.15, 0.2) is 12.3 Å². The van der Waals surface area contributed by atoms with Gasteiger partial charge in [-0.25, -0.2) is 13.4 Å². The fraction of sp³-hybridized carbons (Fsp3) is 0.250.